The Morgan fingerprint density at radius 1 is 0.873 bits per heavy atom. The summed E-state index contributed by atoms with van der Waals surface area (Å²) < 4.78 is 22.3. The molecule has 2 fully saturated rings. The van der Waals surface area contributed by atoms with Gasteiger partial charge >= 0.3 is 18.2 Å². The van der Waals surface area contributed by atoms with Crippen LogP contribution in [-0.4, -0.2) is 75.0 Å². The molecule has 6 rings (SSSR count). The van der Waals surface area contributed by atoms with Crippen LogP contribution in [0, 0.1) is 0 Å². The first kappa shape index (κ1) is 39.1. The summed E-state index contributed by atoms with van der Waals surface area (Å²) in [5.41, 5.74) is 1.63. The van der Waals surface area contributed by atoms with E-state index in [1.165, 1.54) is 16.7 Å². The van der Waals surface area contributed by atoms with E-state index in [4.69, 9.17) is 18.9 Å². The molecule has 288 valence electrons. The fourth-order valence-electron chi connectivity index (χ4n) is 6.42. The SMILES string of the molecule is CC(C)(C)OC(=O)N[C@@H]1C(=O)N2[C@@H](C(=O)OC(c3ccccc3)c3ccccc3)C(/C=C3\CCN(Cc4cccc(OC(=O)OC(C)(C)C)c4)C3=O)=CS[C@H]12. The number of hydrogen-bond donors (Lipinski definition) is 1. The van der Waals surface area contributed by atoms with Crippen molar-refractivity contribution in [3.05, 3.63) is 124 Å². The van der Waals surface area contributed by atoms with Crippen LogP contribution in [0.25, 0.3) is 0 Å². The van der Waals surface area contributed by atoms with Gasteiger partial charge in [0.1, 0.15) is 28.4 Å². The van der Waals surface area contributed by atoms with E-state index >= 15 is 0 Å². The lowest BCUT2D eigenvalue weighted by Gasteiger charge is -2.51. The first-order valence-electron chi connectivity index (χ1n) is 18.0. The van der Waals surface area contributed by atoms with E-state index in [2.05, 4.69) is 5.32 Å². The summed E-state index contributed by atoms with van der Waals surface area (Å²) in [6.45, 7) is 11.1. The van der Waals surface area contributed by atoms with Gasteiger partial charge < -0.3 is 34.1 Å². The Labute approximate surface area is 324 Å². The van der Waals surface area contributed by atoms with Crippen LogP contribution < -0.4 is 10.1 Å². The third kappa shape index (κ3) is 9.58. The minimum atomic E-state index is -1.19. The van der Waals surface area contributed by atoms with E-state index in [0.29, 0.717) is 24.1 Å². The van der Waals surface area contributed by atoms with Crippen molar-refractivity contribution in [2.24, 2.45) is 0 Å². The number of nitrogens with one attached hydrogen (secondary N) is 1. The number of amides is 3. The Balaban J connectivity index is 1.24. The number of nitrogens with zero attached hydrogens (tertiary/aromatic N) is 2. The summed E-state index contributed by atoms with van der Waals surface area (Å²) in [6.07, 6.45) is -0.279. The number of likely N-dealkylation sites (tertiary alicyclic amines) is 1. The monoisotopic (exact) mass is 767 g/mol. The largest absolute Gasteiger partial charge is 0.514 e. The maximum Gasteiger partial charge on any atom is 0.514 e. The highest BCUT2D eigenvalue weighted by Crippen LogP contribution is 2.42. The summed E-state index contributed by atoms with van der Waals surface area (Å²) in [4.78, 5) is 70.0. The number of rotatable bonds is 9. The lowest BCUT2D eigenvalue weighted by Crippen LogP contribution is -2.74. The first-order valence-corrected chi connectivity index (χ1v) is 19.0. The quantitative estimate of drug-likeness (QED) is 0.0792. The van der Waals surface area contributed by atoms with Crippen molar-refractivity contribution in [2.45, 2.75) is 89.3 Å². The van der Waals surface area contributed by atoms with Crippen molar-refractivity contribution in [1.82, 2.24) is 15.1 Å². The van der Waals surface area contributed by atoms with Crippen LogP contribution in [0.3, 0.4) is 0 Å². The van der Waals surface area contributed by atoms with Crippen molar-refractivity contribution >= 4 is 41.8 Å². The molecule has 3 amide bonds. The number of esters is 1. The number of carbonyl (C=O) groups excluding carboxylic acids is 5. The smallest absolute Gasteiger partial charge is 0.451 e. The van der Waals surface area contributed by atoms with Gasteiger partial charge in [-0.15, -0.1) is 11.8 Å². The predicted octanol–water partition coefficient (Wildman–Crippen LogP) is 7.05. The molecule has 3 aliphatic rings. The van der Waals surface area contributed by atoms with Crippen molar-refractivity contribution in [3.8, 4) is 5.75 Å². The van der Waals surface area contributed by atoms with Crippen molar-refractivity contribution in [1.29, 1.82) is 0 Å². The van der Waals surface area contributed by atoms with Crippen molar-refractivity contribution in [2.75, 3.05) is 6.54 Å². The van der Waals surface area contributed by atoms with Crippen LogP contribution in [0.15, 0.2) is 108 Å². The number of fused-ring (bicyclic) bond motifs is 1. The number of ether oxygens (including phenoxy) is 4. The highest BCUT2D eigenvalue weighted by Gasteiger charge is 2.56. The van der Waals surface area contributed by atoms with E-state index in [1.54, 1.807) is 76.1 Å². The first-order chi connectivity index (χ1) is 26.1. The Kier molecular flexibility index (Phi) is 11.4. The minimum Gasteiger partial charge on any atom is -0.451 e. The molecule has 0 radical (unpaired) electrons. The normalized spacial score (nSPS) is 20.4. The van der Waals surface area contributed by atoms with Gasteiger partial charge in [0.05, 0.1) is 0 Å². The van der Waals surface area contributed by atoms with Crippen LogP contribution in [0.5, 0.6) is 5.75 Å². The Morgan fingerprint density at radius 2 is 1.51 bits per heavy atom. The molecule has 0 bridgehead atoms. The average molecular weight is 768 g/mol. The molecule has 3 aliphatic heterocycles. The maximum absolute atomic E-state index is 14.4. The number of thioether (sulfide) groups is 1. The van der Waals surface area contributed by atoms with Gasteiger partial charge in [-0.25, -0.2) is 14.4 Å². The van der Waals surface area contributed by atoms with Crippen LogP contribution >= 0.6 is 11.8 Å². The second-order valence-corrected chi connectivity index (χ2v) is 16.4. The lowest BCUT2D eigenvalue weighted by atomic mass is 9.95. The van der Waals surface area contributed by atoms with Crippen LogP contribution in [0.2, 0.25) is 0 Å². The molecule has 2 saturated heterocycles. The lowest BCUT2D eigenvalue weighted by molar-refractivity contribution is -0.164. The highest BCUT2D eigenvalue weighted by atomic mass is 32.2. The summed E-state index contributed by atoms with van der Waals surface area (Å²) in [7, 11) is 0. The van der Waals surface area contributed by atoms with Crippen molar-refractivity contribution < 1.29 is 42.9 Å². The molecule has 13 heteroatoms. The second kappa shape index (κ2) is 16.0. The molecular formula is C42H45N3O9S. The zero-order valence-electron chi connectivity index (χ0n) is 31.6. The van der Waals surface area contributed by atoms with E-state index < -0.39 is 58.9 Å². The highest BCUT2D eigenvalue weighted by molar-refractivity contribution is 8.03. The van der Waals surface area contributed by atoms with Gasteiger partial charge in [-0.3, -0.25) is 9.59 Å². The summed E-state index contributed by atoms with van der Waals surface area (Å²) in [5, 5.41) is 3.80. The van der Waals surface area contributed by atoms with E-state index in [9.17, 15) is 24.0 Å². The number of carbonyl (C=O) groups is 5. The number of benzene rings is 3. The molecule has 0 unspecified atom stereocenters. The van der Waals surface area contributed by atoms with Gasteiger partial charge in [-0.2, -0.15) is 0 Å². The molecule has 3 aromatic rings. The second-order valence-electron chi connectivity index (χ2n) is 15.4. The third-order valence-electron chi connectivity index (χ3n) is 8.77. The fourth-order valence-corrected chi connectivity index (χ4v) is 7.61. The van der Waals surface area contributed by atoms with Crippen molar-refractivity contribution in [3.63, 3.8) is 0 Å². The maximum atomic E-state index is 14.4. The molecule has 12 nitrogen and oxygen atoms in total. The minimum absolute atomic E-state index is 0.232. The van der Waals surface area contributed by atoms with Gasteiger partial charge in [0.25, 0.3) is 0 Å². The molecule has 0 aromatic heterocycles. The Bertz CT molecular complexity index is 1960. The van der Waals surface area contributed by atoms with Crippen LogP contribution in [-0.2, 0) is 35.1 Å². The molecule has 0 aliphatic carbocycles. The van der Waals surface area contributed by atoms with E-state index in [0.717, 1.165) is 16.7 Å². The zero-order valence-corrected chi connectivity index (χ0v) is 32.5. The zero-order chi connectivity index (χ0) is 39.5. The predicted molar refractivity (Wildman–Crippen MR) is 205 cm³/mol. The number of hydrogen-bond acceptors (Lipinski definition) is 10. The van der Waals surface area contributed by atoms with Gasteiger partial charge in [0.15, 0.2) is 12.1 Å². The van der Waals surface area contributed by atoms with Gasteiger partial charge in [-0.05, 0) is 93.8 Å². The van der Waals surface area contributed by atoms with E-state index in [-0.39, 0.29) is 18.2 Å². The van der Waals surface area contributed by atoms with Gasteiger partial charge in [0, 0.05) is 18.7 Å². The van der Waals surface area contributed by atoms with E-state index in [1.807, 2.05) is 66.7 Å². The average Bonchev–Trinajstić information content (AvgIpc) is 3.46. The topological polar surface area (TPSA) is 141 Å². The van der Waals surface area contributed by atoms with Crippen LogP contribution in [0.4, 0.5) is 9.59 Å². The molecule has 3 aromatic carbocycles. The molecule has 1 N–H and O–H groups in total. The standard InChI is InChI=1S/C42H45N3O9S/c1-41(2,3)53-39(49)43-32-36(47)45-33(38(48)52-34(27-15-9-7-10-16-27)28-17-11-8-12-18-28)30(25-55-37(32)45)23-29-20-21-44(35(29)46)24-26-14-13-19-31(22-26)51-40(50)54-42(4,5)6/h7-19,22-23,25,32-34,37H,20-21,24H2,1-6H3,(H,43,49)/b29-23+/t32-,33-,37-/m1/s1. The Hall–Kier alpha value is -5.56. The molecular weight excluding hydrogens is 723 g/mol. The summed E-state index contributed by atoms with van der Waals surface area (Å²) in [5.74, 6) is -1.10. The summed E-state index contributed by atoms with van der Waals surface area (Å²) in [6, 6.07) is 23.4. The fraction of sp³-hybridized carbons (Fsp3) is 0.357. The number of β-lactam (4-membered cyclic amide) rings is 1. The van der Waals surface area contributed by atoms with Gasteiger partial charge in [-0.1, -0.05) is 72.8 Å². The molecule has 0 saturated carbocycles. The summed E-state index contributed by atoms with van der Waals surface area (Å²) >= 11 is 1.27. The molecule has 3 atom stereocenters. The molecule has 3 heterocycles. The Morgan fingerprint density at radius 3 is 2.13 bits per heavy atom. The molecule has 55 heavy (non-hydrogen) atoms. The van der Waals surface area contributed by atoms with Gasteiger partial charge in [0.2, 0.25) is 11.8 Å². The number of alkyl carbamates (subject to hydrolysis) is 1. The molecule has 0 spiro atoms. The van der Waals surface area contributed by atoms with Crippen LogP contribution in [0.1, 0.15) is 70.8 Å². The third-order valence-corrected chi connectivity index (χ3v) is 9.95.